The highest BCUT2D eigenvalue weighted by molar-refractivity contribution is 7.90. The number of sulfonamides is 1. The number of aromatic nitrogens is 1. The van der Waals surface area contributed by atoms with E-state index in [1.807, 2.05) is 22.9 Å². The van der Waals surface area contributed by atoms with E-state index in [0.29, 0.717) is 12.1 Å². The second-order valence-corrected chi connectivity index (χ2v) is 11.5. The lowest BCUT2D eigenvalue weighted by molar-refractivity contribution is 0.0407. The molecule has 2 amide bonds. The molecule has 1 aliphatic rings. The van der Waals surface area contributed by atoms with Crippen molar-refractivity contribution in [1.82, 2.24) is 15.0 Å². The van der Waals surface area contributed by atoms with Crippen LogP contribution < -0.4 is 14.8 Å². The number of carbonyl (C=O) groups is 3. The van der Waals surface area contributed by atoms with Gasteiger partial charge in [0, 0.05) is 24.4 Å². The zero-order valence-electron chi connectivity index (χ0n) is 22.6. The van der Waals surface area contributed by atoms with Gasteiger partial charge in [-0.3, -0.25) is 9.59 Å². The van der Waals surface area contributed by atoms with Crippen LogP contribution in [0.15, 0.2) is 77.8 Å². The number of hydrogen-bond donors (Lipinski definition) is 2. The van der Waals surface area contributed by atoms with E-state index in [9.17, 15) is 22.8 Å². The standard InChI is InChI=1S/C30H33N3O7S/c34-28(31-20-8-7-11-22-9-3-1-4-10-22)23-14-17-26(18-15-23)41(37,38)33-29(35)24-16-19-27(32-21-24)40-30(36)39-25-12-5-2-6-13-25/h1,3-4,9-10,14-19,21,25H,2,5-8,11-13,20H2,(H,31,34)(H,33,35). The lowest BCUT2D eigenvalue weighted by Crippen LogP contribution is -2.31. The number of benzene rings is 2. The highest BCUT2D eigenvalue weighted by atomic mass is 32.2. The fraction of sp³-hybridized carbons (Fsp3) is 0.333. The Hall–Kier alpha value is -4.25. The summed E-state index contributed by atoms with van der Waals surface area (Å²) in [6, 6.07) is 17.9. The van der Waals surface area contributed by atoms with Crippen molar-refractivity contribution in [2.45, 2.75) is 62.4 Å². The monoisotopic (exact) mass is 579 g/mol. The van der Waals surface area contributed by atoms with Crippen molar-refractivity contribution in [3.05, 3.63) is 89.6 Å². The molecular formula is C30H33N3O7S. The summed E-state index contributed by atoms with van der Waals surface area (Å²) in [5.41, 5.74) is 1.50. The van der Waals surface area contributed by atoms with Gasteiger partial charge in [-0.25, -0.2) is 22.9 Å². The van der Waals surface area contributed by atoms with Gasteiger partial charge in [0.05, 0.1) is 10.5 Å². The molecule has 1 aliphatic carbocycles. The molecule has 0 bridgehead atoms. The van der Waals surface area contributed by atoms with Crippen molar-refractivity contribution in [2.24, 2.45) is 0 Å². The number of aryl methyl sites for hydroxylation is 1. The normalized spacial score (nSPS) is 13.7. The smallest absolute Gasteiger partial charge is 0.431 e. The number of unbranched alkanes of at least 4 members (excludes halogenated alkanes) is 1. The summed E-state index contributed by atoms with van der Waals surface area (Å²) < 4.78 is 37.7. The Morgan fingerprint density at radius 2 is 1.54 bits per heavy atom. The Morgan fingerprint density at radius 3 is 2.22 bits per heavy atom. The van der Waals surface area contributed by atoms with Crippen LogP contribution in [-0.2, 0) is 21.2 Å². The molecular weight excluding hydrogens is 546 g/mol. The third kappa shape index (κ3) is 9.14. The maximum atomic E-state index is 12.7. The maximum Gasteiger partial charge on any atom is 0.515 e. The minimum atomic E-state index is -4.21. The summed E-state index contributed by atoms with van der Waals surface area (Å²) >= 11 is 0. The molecule has 0 unspecified atom stereocenters. The number of ether oxygens (including phenoxy) is 2. The van der Waals surface area contributed by atoms with Gasteiger partial charge in [0.1, 0.15) is 6.10 Å². The van der Waals surface area contributed by atoms with Crippen LogP contribution in [0.25, 0.3) is 0 Å². The molecule has 1 aromatic heterocycles. The number of carbonyl (C=O) groups excluding carboxylic acids is 3. The van der Waals surface area contributed by atoms with Gasteiger partial charge in [-0.15, -0.1) is 0 Å². The fourth-order valence-electron chi connectivity index (χ4n) is 4.43. The van der Waals surface area contributed by atoms with Crippen LogP contribution in [0.2, 0.25) is 0 Å². The van der Waals surface area contributed by atoms with Gasteiger partial charge in [0.2, 0.25) is 5.88 Å². The first-order valence-electron chi connectivity index (χ1n) is 13.6. The summed E-state index contributed by atoms with van der Waals surface area (Å²) in [6.07, 6.45) is 7.42. The number of rotatable bonds is 11. The fourth-order valence-corrected chi connectivity index (χ4v) is 5.41. The SMILES string of the molecule is O=C(Oc1ccc(C(=O)NS(=O)(=O)c2ccc(C(=O)NCCCCc3ccccc3)cc2)cn1)OC1CCCCC1. The molecule has 11 heteroatoms. The number of amides is 2. The Morgan fingerprint density at radius 1 is 0.829 bits per heavy atom. The minimum absolute atomic E-state index is 0.0511. The van der Waals surface area contributed by atoms with Crippen molar-refractivity contribution in [1.29, 1.82) is 0 Å². The molecule has 3 aromatic rings. The Kier molecular flexibility index (Phi) is 10.4. The Labute approximate surface area is 239 Å². The Bertz CT molecular complexity index is 1420. The van der Waals surface area contributed by atoms with Crippen LogP contribution in [0.5, 0.6) is 5.88 Å². The number of nitrogens with zero attached hydrogens (tertiary/aromatic N) is 1. The van der Waals surface area contributed by atoms with Crippen LogP contribution >= 0.6 is 0 Å². The van der Waals surface area contributed by atoms with E-state index in [-0.39, 0.29) is 28.4 Å². The van der Waals surface area contributed by atoms with Crippen molar-refractivity contribution >= 4 is 28.0 Å². The summed E-state index contributed by atoms with van der Waals surface area (Å²) in [5, 5.41) is 2.83. The van der Waals surface area contributed by atoms with E-state index >= 15 is 0 Å². The lowest BCUT2D eigenvalue weighted by atomic mass is 9.98. The van der Waals surface area contributed by atoms with Gasteiger partial charge < -0.3 is 14.8 Å². The third-order valence-corrected chi connectivity index (χ3v) is 8.02. The molecule has 10 nitrogen and oxygen atoms in total. The van der Waals surface area contributed by atoms with Crippen molar-refractivity contribution in [2.75, 3.05) is 6.54 Å². The van der Waals surface area contributed by atoms with Gasteiger partial charge >= 0.3 is 6.16 Å². The summed E-state index contributed by atoms with van der Waals surface area (Å²) in [6.45, 7) is 0.501. The summed E-state index contributed by atoms with van der Waals surface area (Å²) in [5.74, 6) is -1.30. The quantitative estimate of drug-likeness (QED) is 0.244. The van der Waals surface area contributed by atoms with Gasteiger partial charge in [-0.2, -0.15) is 0 Å². The molecule has 1 heterocycles. The molecule has 41 heavy (non-hydrogen) atoms. The zero-order chi connectivity index (χ0) is 29.1. The van der Waals surface area contributed by atoms with E-state index < -0.39 is 22.1 Å². The lowest BCUT2D eigenvalue weighted by Gasteiger charge is -2.20. The first-order valence-corrected chi connectivity index (χ1v) is 15.1. The van der Waals surface area contributed by atoms with Crippen LogP contribution in [-0.4, -0.2) is 44.0 Å². The van der Waals surface area contributed by atoms with E-state index in [2.05, 4.69) is 22.4 Å². The van der Waals surface area contributed by atoms with E-state index in [4.69, 9.17) is 9.47 Å². The van der Waals surface area contributed by atoms with Crippen molar-refractivity contribution in [3.8, 4) is 5.88 Å². The third-order valence-electron chi connectivity index (χ3n) is 6.68. The zero-order valence-corrected chi connectivity index (χ0v) is 23.4. The van der Waals surface area contributed by atoms with Crippen LogP contribution in [0.3, 0.4) is 0 Å². The molecule has 0 saturated heterocycles. The predicted molar refractivity (Wildman–Crippen MR) is 151 cm³/mol. The van der Waals surface area contributed by atoms with Crippen molar-refractivity contribution < 1.29 is 32.3 Å². The second kappa shape index (κ2) is 14.4. The highest BCUT2D eigenvalue weighted by Crippen LogP contribution is 2.21. The highest BCUT2D eigenvalue weighted by Gasteiger charge is 2.21. The summed E-state index contributed by atoms with van der Waals surface area (Å²) in [7, 11) is -4.21. The molecule has 216 valence electrons. The van der Waals surface area contributed by atoms with E-state index in [0.717, 1.165) is 57.6 Å². The van der Waals surface area contributed by atoms with Crippen LogP contribution in [0, 0.1) is 0 Å². The maximum absolute atomic E-state index is 12.7. The van der Waals surface area contributed by atoms with Crippen LogP contribution in [0.4, 0.5) is 4.79 Å². The molecule has 4 rings (SSSR count). The average molecular weight is 580 g/mol. The molecule has 0 atom stereocenters. The first kappa shape index (κ1) is 29.7. The molecule has 0 aliphatic heterocycles. The van der Waals surface area contributed by atoms with Crippen molar-refractivity contribution in [3.63, 3.8) is 0 Å². The second-order valence-electron chi connectivity index (χ2n) is 9.77. The number of hydrogen-bond acceptors (Lipinski definition) is 8. The average Bonchev–Trinajstić information content (AvgIpc) is 2.98. The van der Waals surface area contributed by atoms with Gasteiger partial charge in [0.25, 0.3) is 21.8 Å². The van der Waals surface area contributed by atoms with Gasteiger partial charge in [0.15, 0.2) is 0 Å². The van der Waals surface area contributed by atoms with E-state index in [1.165, 1.54) is 42.0 Å². The molecule has 0 spiro atoms. The molecule has 2 N–H and O–H groups in total. The number of nitrogens with one attached hydrogen (secondary N) is 2. The minimum Gasteiger partial charge on any atom is -0.431 e. The number of pyridine rings is 1. The largest absolute Gasteiger partial charge is 0.515 e. The predicted octanol–water partition coefficient (Wildman–Crippen LogP) is 4.80. The Balaban J connectivity index is 1.23. The van der Waals surface area contributed by atoms with Gasteiger partial charge in [-0.05, 0) is 80.8 Å². The van der Waals surface area contributed by atoms with E-state index in [1.54, 1.807) is 0 Å². The first-order chi connectivity index (χ1) is 19.8. The molecule has 1 fully saturated rings. The van der Waals surface area contributed by atoms with Gasteiger partial charge in [-0.1, -0.05) is 36.8 Å². The topological polar surface area (TPSA) is 141 Å². The molecule has 1 saturated carbocycles. The van der Waals surface area contributed by atoms with Crippen LogP contribution in [0.1, 0.15) is 71.2 Å². The molecule has 0 radical (unpaired) electrons. The molecule has 2 aromatic carbocycles. The summed E-state index contributed by atoms with van der Waals surface area (Å²) in [4.78, 5) is 40.6.